The van der Waals surface area contributed by atoms with Crippen LogP contribution in [0.3, 0.4) is 0 Å². The van der Waals surface area contributed by atoms with Gasteiger partial charge in [-0.25, -0.2) is 0 Å². The van der Waals surface area contributed by atoms with Crippen LogP contribution in [0.25, 0.3) is 0 Å². The minimum Gasteiger partial charge on any atom is -0.306 e. The van der Waals surface area contributed by atoms with Crippen molar-refractivity contribution in [3.8, 4) is 0 Å². The molecule has 0 saturated heterocycles. The molecule has 1 aromatic carbocycles. The fourth-order valence-electron chi connectivity index (χ4n) is 2.53. The van der Waals surface area contributed by atoms with Crippen LogP contribution in [0, 0.1) is 20.8 Å². The highest BCUT2D eigenvalue weighted by Crippen LogP contribution is 2.27. The molecule has 0 aliphatic carbocycles. The van der Waals surface area contributed by atoms with Gasteiger partial charge in [-0.3, -0.25) is 4.98 Å². The number of aryl methyl sites for hydroxylation is 3. The Balaban J connectivity index is 2.47. The minimum atomic E-state index is 0.226. The van der Waals surface area contributed by atoms with Gasteiger partial charge in [0, 0.05) is 12.4 Å². The average Bonchev–Trinajstić information content (AvgIpc) is 2.44. The van der Waals surface area contributed by atoms with Crippen molar-refractivity contribution in [3.63, 3.8) is 0 Å². The summed E-state index contributed by atoms with van der Waals surface area (Å²) in [6, 6.07) is 8.97. The molecule has 0 saturated carbocycles. The zero-order valence-electron chi connectivity index (χ0n) is 12.9. The maximum Gasteiger partial charge on any atom is 0.0597 e. The second kappa shape index (κ2) is 6.67. The second-order valence-corrected chi connectivity index (χ2v) is 5.48. The van der Waals surface area contributed by atoms with E-state index in [1.165, 1.54) is 27.8 Å². The third-order valence-electron chi connectivity index (χ3n) is 3.73. The lowest BCUT2D eigenvalue weighted by Crippen LogP contribution is -2.25. The lowest BCUT2D eigenvalue weighted by molar-refractivity contribution is 0.592. The quantitative estimate of drug-likeness (QED) is 0.883. The maximum atomic E-state index is 4.31. The number of nitrogens with zero attached hydrogens (tertiary/aromatic N) is 1. The summed E-state index contributed by atoms with van der Waals surface area (Å²) in [5, 5.41) is 3.67. The van der Waals surface area contributed by atoms with Gasteiger partial charge in [0.1, 0.15) is 0 Å². The van der Waals surface area contributed by atoms with E-state index in [9.17, 15) is 0 Å². The molecule has 2 rings (SSSR count). The van der Waals surface area contributed by atoms with Crippen molar-refractivity contribution in [2.75, 3.05) is 6.54 Å². The first-order valence-corrected chi connectivity index (χ1v) is 7.34. The fourth-order valence-corrected chi connectivity index (χ4v) is 2.53. The molecule has 0 aliphatic rings. The smallest absolute Gasteiger partial charge is 0.0597 e. The minimum absolute atomic E-state index is 0.226. The maximum absolute atomic E-state index is 4.31. The predicted molar refractivity (Wildman–Crippen MR) is 85.0 cm³/mol. The van der Waals surface area contributed by atoms with Crippen LogP contribution < -0.4 is 5.32 Å². The highest BCUT2D eigenvalue weighted by Gasteiger charge is 2.17. The average molecular weight is 268 g/mol. The molecule has 0 aliphatic heterocycles. The van der Waals surface area contributed by atoms with Gasteiger partial charge in [0.2, 0.25) is 0 Å². The van der Waals surface area contributed by atoms with Crippen LogP contribution in [0.4, 0.5) is 0 Å². The monoisotopic (exact) mass is 268 g/mol. The molecule has 2 aromatic rings. The summed E-state index contributed by atoms with van der Waals surface area (Å²) >= 11 is 0. The molecule has 1 aromatic heterocycles. The Morgan fingerprint density at radius 3 is 2.50 bits per heavy atom. The second-order valence-electron chi connectivity index (χ2n) is 5.48. The van der Waals surface area contributed by atoms with Crippen molar-refractivity contribution in [2.24, 2.45) is 0 Å². The van der Waals surface area contributed by atoms with Gasteiger partial charge < -0.3 is 5.32 Å². The highest BCUT2D eigenvalue weighted by atomic mass is 14.9. The zero-order valence-corrected chi connectivity index (χ0v) is 12.9. The highest BCUT2D eigenvalue weighted by molar-refractivity contribution is 5.40. The molecule has 0 fully saturated rings. The molecular formula is C18H24N2. The first-order chi connectivity index (χ1) is 9.63. The molecule has 2 heteroatoms. The van der Waals surface area contributed by atoms with Crippen molar-refractivity contribution >= 4 is 0 Å². The summed E-state index contributed by atoms with van der Waals surface area (Å²) in [5.41, 5.74) is 6.54. The van der Waals surface area contributed by atoms with Crippen LogP contribution >= 0.6 is 0 Å². The van der Waals surface area contributed by atoms with Gasteiger partial charge in [0.25, 0.3) is 0 Å². The van der Waals surface area contributed by atoms with E-state index in [-0.39, 0.29) is 6.04 Å². The van der Waals surface area contributed by atoms with Crippen LogP contribution in [0.1, 0.15) is 47.2 Å². The molecule has 0 amide bonds. The Morgan fingerprint density at radius 2 is 1.80 bits per heavy atom. The largest absolute Gasteiger partial charge is 0.306 e. The third-order valence-corrected chi connectivity index (χ3v) is 3.73. The molecule has 1 heterocycles. The molecule has 20 heavy (non-hydrogen) atoms. The number of pyridine rings is 1. The number of aromatic nitrogens is 1. The number of hydrogen-bond acceptors (Lipinski definition) is 2. The third kappa shape index (κ3) is 3.26. The van der Waals surface area contributed by atoms with E-state index < -0.39 is 0 Å². The molecule has 0 spiro atoms. The molecule has 0 radical (unpaired) electrons. The number of hydrogen-bond donors (Lipinski definition) is 1. The van der Waals surface area contributed by atoms with Gasteiger partial charge in [0.15, 0.2) is 0 Å². The summed E-state index contributed by atoms with van der Waals surface area (Å²) in [6.07, 6.45) is 4.98. The normalized spacial score (nSPS) is 12.4. The number of rotatable bonds is 5. The molecule has 0 bridgehead atoms. The van der Waals surface area contributed by atoms with Crippen LogP contribution in [0.2, 0.25) is 0 Å². The first-order valence-electron chi connectivity index (χ1n) is 7.34. The SMILES string of the molecule is CCCNC(c1cnccc1C)c1cc(C)ccc1C. The molecular weight excluding hydrogens is 244 g/mol. The van der Waals surface area contributed by atoms with Crippen LogP contribution in [-0.4, -0.2) is 11.5 Å². The summed E-state index contributed by atoms with van der Waals surface area (Å²) in [7, 11) is 0. The Morgan fingerprint density at radius 1 is 1.05 bits per heavy atom. The number of nitrogens with one attached hydrogen (secondary N) is 1. The summed E-state index contributed by atoms with van der Waals surface area (Å²) in [4.78, 5) is 4.31. The van der Waals surface area contributed by atoms with Crippen molar-refractivity contribution in [1.82, 2.24) is 10.3 Å². The van der Waals surface area contributed by atoms with Gasteiger partial charge in [-0.2, -0.15) is 0 Å². The molecule has 1 unspecified atom stereocenters. The first kappa shape index (κ1) is 14.7. The van der Waals surface area contributed by atoms with Gasteiger partial charge in [0.05, 0.1) is 6.04 Å². The van der Waals surface area contributed by atoms with Gasteiger partial charge in [-0.05, 0) is 62.1 Å². The fraction of sp³-hybridized carbons (Fsp3) is 0.389. The molecule has 1 N–H and O–H groups in total. The Bertz CT molecular complexity index is 575. The molecule has 2 nitrogen and oxygen atoms in total. The van der Waals surface area contributed by atoms with Crippen molar-refractivity contribution < 1.29 is 0 Å². The Hall–Kier alpha value is -1.67. The molecule has 106 valence electrons. The predicted octanol–water partition coefficient (Wildman–Crippen LogP) is 4.10. The number of benzene rings is 1. The van der Waals surface area contributed by atoms with Crippen LogP contribution in [0.5, 0.6) is 0 Å². The van der Waals surface area contributed by atoms with E-state index >= 15 is 0 Å². The lowest BCUT2D eigenvalue weighted by atomic mass is 9.92. The summed E-state index contributed by atoms with van der Waals surface area (Å²) in [6.45, 7) is 9.69. The summed E-state index contributed by atoms with van der Waals surface area (Å²) < 4.78 is 0. The standard InChI is InChI=1S/C18H24N2/c1-5-9-20-18(17-12-19-10-8-15(17)4)16-11-13(2)6-7-14(16)3/h6-8,10-12,18,20H,5,9H2,1-4H3. The van der Waals surface area contributed by atoms with E-state index in [0.717, 1.165) is 13.0 Å². The van der Waals surface area contributed by atoms with E-state index in [1.54, 1.807) is 0 Å². The van der Waals surface area contributed by atoms with Crippen LogP contribution in [-0.2, 0) is 0 Å². The lowest BCUT2D eigenvalue weighted by Gasteiger charge is -2.23. The van der Waals surface area contributed by atoms with E-state index in [1.807, 2.05) is 12.4 Å². The van der Waals surface area contributed by atoms with E-state index in [0.29, 0.717) is 0 Å². The van der Waals surface area contributed by atoms with Crippen LogP contribution in [0.15, 0.2) is 36.7 Å². The van der Waals surface area contributed by atoms with Crippen molar-refractivity contribution in [3.05, 3.63) is 64.5 Å². The zero-order chi connectivity index (χ0) is 14.5. The van der Waals surface area contributed by atoms with Gasteiger partial charge >= 0.3 is 0 Å². The van der Waals surface area contributed by atoms with Gasteiger partial charge in [-0.15, -0.1) is 0 Å². The molecule has 1 atom stereocenters. The van der Waals surface area contributed by atoms with Crippen molar-refractivity contribution in [1.29, 1.82) is 0 Å². The summed E-state index contributed by atoms with van der Waals surface area (Å²) in [5.74, 6) is 0. The Labute approximate surface area is 122 Å². The topological polar surface area (TPSA) is 24.9 Å². The van der Waals surface area contributed by atoms with E-state index in [4.69, 9.17) is 0 Å². The Kier molecular flexibility index (Phi) is 4.91. The van der Waals surface area contributed by atoms with Gasteiger partial charge in [-0.1, -0.05) is 30.7 Å². The van der Waals surface area contributed by atoms with E-state index in [2.05, 4.69) is 62.3 Å². The van der Waals surface area contributed by atoms with Crippen molar-refractivity contribution in [2.45, 2.75) is 40.2 Å².